The quantitative estimate of drug-likeness (QED) is 0.779. The van der Waals surface area contributed by atoms with E-state index in [0.29, 0.717) is 12.1 Å². The average Bonchev–Trinajstić information content (AvgIpc) is 2.80. The van der Waals surface area contributed by atoms with Crippen molar-refractivity contribution in [2.24, 2.45) is 0 Å². The molecular weight excluding hydrogens is 366 g/mol. The molecule has 6 heteroatoms. The van der Waals surface area contributed by atoms with E-state index < -0.39 is 0 Å². The number of benzene rings is 2. The van der Waals surface area contributed by atoms with Gasteiger partial charge in [0.05, 0.1) is 26.4 Å². The van der Waals surface area contributed by atoms with Crippen LogP contribution in [0, 0.1) is 0 Å². The normalized spacial score (nSPS) is 17.3. The van der Waals surface area contributed by atoms with Crippen molar-refractivity contribution in [1.29, 1.82) is 0 Å². The predicted octanol–water partition coefficient (Wildman–Crippen LogP) is 2.63. The van der Waals surface area contributed by atoms with E-state index in [-0.39, 0.29) is 5.91 Å². The summed E-state index contributed by atoms with van der Waals surface area (Å²) in [6.07, 6.45) is 0. The van der Waals surface area contributed by atoms with Crippen LogP contribution in [-0.4, -0.2) is 70.5 Å². The number of rotatable bonds is 5. The molecular formula is C23H29N3O3. The second kappa shape index (κ2) is 9.29. The molecule has 0 spiro atoms. The summed E-state index contributed by atoms with van der Waals surface area (Å²) in [6, 6.07) is 16.3. The molecule has 1 amide bonds. The summed E-state index contributed by atoms with van der Waals surface area (Å²) in [4.78, 5) is 19.4. The fourth-order valence-electron chi connectivity index (χ4n) is 3.94. The number of carbonyl (C=O) groups is 1. The topological polar surface area (TPSA) is 45.2 Å². The van der Waals surface area contributed by atoms with Gasteiger partial charge in [0.15, 0.2) is 0 Å². The lowest BCUT2D eigenvalue weighted by molar-refractivity contribution is 0.0785. The zero-order valence-electron chi connectivity index (χ0n) is 17.0. The van der Waals surface area contributed by atoms with Gasteiger partial charge in [-0.2, -0.15) is 0 Å². The van der Waals surface area contributed by atoms with Gasteiger partial charge in [0.2, 0.25) is 0 Å². The molecule has 6 nitrogen and oxygen atoms in total. The minimum Gasteiger partial charge on any atom is -0.378 e. The van der Waals surface area contributed by atoms with E-state index in [4.69, 9.17) is 9.47 Å². The SMILES string of the molecule is CN(Cc1ccccc1N1CCOCC1)C(=O)c1ccc(N2CCOCC2)cc1. The molecule has 0 unspecified atom stereocenters. The van der Waals surface area contributed by atoms with Crippen molar-refractivity contribution >= 4 is 17.3 Å². The number of amides is 1. The molecule has 0 N–H and O–H groups in total. The van der Waals surface area contributed by atoms with Crippen LogP contribution in [-0.2, 0) is 16.0 Å². The highest BCUT2D eigenvalue weighted by molar-refractivity contribution is 5.94. The highest BCUT2D eigenvalue weighted by Gasteiger charge is 2.18. The first kappa shape index (κ1) is 19.7. The number of para-hydroxylation sites is 1. The maximum Gasteiger partial charge on any atom is 0.253 e. The van der Waals surface area contributed by atoms with Gasteiger partial charge in [-0.25, -0.2) is 0 Å². The smallest absolute Gasteiger partial charge is 0.253 e. The fraction of sp³-hybridized carbons (Fsp3) is 0.435. The molecule has 0 saturated carbocycles. The Morgan fingerprint density at radius 2 is 1.45 bits per heavy atom. The summed E-state index contributed by atoms with van der Waals surface area (Å²) in [6.45, 7) is 7.15. The Bertz CT molecular complexity index is 812. The molecule has 2 saturated heterocycles. The first-order chi connectivity index (χ1) is 14.2. The van der Waals surface area contributed by atoms with E-state index in [2.05, 4.69) is 28.0 Å². The minimum absolute atomic E-state index is 0.0373. The van der Waals surface area contributed by atoms with E-state index >= 15 is 0 Å². The minimum atomic E-state index is 0.0373. The lowest BCUT2D eigenvalue weighted by Crippen LogP contribution is -2.37. The van der Waals surface area contributed by atoms with Gasteiger partial charge in [-0.1, -0.05) is 18.2 Å². The van der Waals surface area contributed by atoms with E-state index in [1.54, 1.807) is 4.90 Å². The van der Waals surface area contributed by atoms with Crippen molar-refractivity contribution in [2.45, 2.75) is 6.54 Å². The molecule has 2 aliphatic rings. The lowest BCUT2D eigenvalue weighted by atomic mass is 10.1. The molecule has 2 aromatic rings. The zero-order valence-corrected chi connectivity index (χ0v) is 17.0. The van der Waals surface area contributed by atoms with E-state index in [0.717, 1.165) is 63.9 Å². The van der Waals surface area contributed by atoms with Gasteiger partial charge >= 0.3 is 0 Å². The summed E-state index contributed by atoms with van der Waals surface area (Å²) in [5.41, 5.74) is 4.21. The van der Waals surface area contributed by atoms with Crippen LogP contribution in [0.1, 0.15) is 15.9 Å². The number of nitrogens with zero attached hydrogens (tertiary/aromatic N) is 3. The molecule has 2 aliphatic heterocycles. The second-order valence-corrected chi connectivity index (χ2v) is 7.54. The van der Waals surface area contributed by atoms with E-state index in [9.17, 15) is 4.79 Å². The molecule has 0 aromatic heterocycles. The van der Waals surface area contributed by atoms with Gasteiger partial charge in [0.25, 0.3) is 5.91 Å². The van der Waals surface area contributed by atoms with Gasteiger partial charge in [-0.3, -0.25) is 4.79 Å². The molecule has 0 bridgehead atoms. The number of carbonyl (C=O) groups excluding carboxylic acids is 1. The number of hydrogen-bond acceptors (Lipinski definition) is 5. The van der Waals surface area contributed by atoms with Crippen molar-refractivity contribution in [3.05, 3.63) is 59.7 Å². The summed E-state index contributed by atoms with van der Waals surface area (Å²) in [5.74, 6) is 0.0373. The lowest BCUT2D eigenvalue weighted by Gasteiger charge is -2.31. The summed E-state index contributed by atoms with van der Waals surface area (Å²) < 4.78 is 10.9. The van der Waals surface area contributed by atoms with Crippen molar-refractivity contribution in [3.8, 4) is 0 Å². The molecule has 4 rings (SSSR count). The van der Waals surface area contributed by atoms with Gasteiger partial charge in [-0.05, 0) is 35.9 Å². The van der Waals surface area contributed by atoms with Crippen LogP contribution in [0.25, 0.3) is 0 Å². The van der Waals surface area contributed by atoms with Crippen LogP contribution in [0.5, 0.6) is 0 Å². The van der Waals surface area contributed by atoms with E-state index in [1.165, 1.54) is 5.69 Å². The van der Waals surface area contributed by atoms with Gasteiger partial charge < -0.3 is 24.2 Å². The second-order valence-electron chi connectivity index (χ2n) is 7.54. The van der Waals surface area contributed by atoms with Crippen molar-refractivity contribution in [1.82, 2.24) is 4.90 Å². The Morgan fingerprint density at radius 1 is 0.862 bits per heavy atom. The van der Waals surface area contributed by atoms with Crippen LogP contribution < -0.4 is 9.80 Å². The van der Waals surface area contributed by atoms with Crippen LogP contribution in [0.3, 0.4) is 0 Å². The maximum absolute atomic E-state index is 13.0. The Morgan fingerprint density at radius 3 is 2.10 bits per heavy atom. The van der Waals surface area contributed by atoms with Gasteiger partial charge in [0.1, 0.15) is 0 Å². The Kier molecular flexibility index (Phi) is 6.32. The summed E-state index contributed by atoms with van der Waals surface area (Å²) in [7, 11) is 1.87. The predicted molar refractivity (Wildman–Crippen MR) is 115 cm³/mol. The third-order valence-corrected chi connectivity index (χ3v) is 5.59. The molecule has 0 aliphatic carbocycles. The number of morpholine rings is 2. The monoisotopic (exact) mass is 395 g/mol. The number of anilines is 2. The first-order valence-corrected chi connectivity index (χ1v) is 10.3. The Balaban J connectivity index is 1.43. The fourth-order valence-corrected chi connectivity index (χ4v) is 3.94. The molecule has 2 fully saturated rings. The number of ether oxygens (including phenoxy) is 2. The van der Waals surface area contributed by atoms with Crippen LogP contribution in [0.2, 0.25) is 0 Å². The van der Waals surface area contributed by atoms with Crippen LogP contribution in [0.4, 0.5) is 11.4 Å². The molecule has 0 radical (unpaired) electrons. The van der Waals surface area contributed by atoms with Crippen molar-refractivity contribution in [2.75, 3.05) is 69.5 Å². The molecule has 0 atom stereocenters. The third kappa shape index (κ3) is 4.71. The Labute approximate surface area is 172 Å². The summed E-state index contributed by atoms with van der Waals surface area (Å²) in [5, 5.41) is 0. The van der Waals surface area contributed by atoms with E-state index in [1.807, 2.05) is 37.4 Å². The number of hydrogen-bond donors (Lipinski definition) is 0. The zero-order chi connectivity index (χ0) is 20.1. The van der Waals surface area contributed by atoms with Gasteiger partial charge in [0, 0.05) is 56.7 Å². The van der Waals surface area contributed by atoms with Gasteiger partial charge in [-0.15, -0.1) is 0 Å². The summed E-state index contributed by atoms with van der Waals surface area (Å²) >= 11 is 0. The standard InChI is InChI=1S/C23H29N3O3/c1-24(18-20-4-2-3-5-22(20)26-12-16-29-17-13-26)23(27)19-6-8-21(9-7-19)25-10-14-28-15-11-25/h2-9H,10-18H2,1H3. The first-order valence-electron chi connectivity index (χ1n) is 10.3. The van der Waals surface area contributed by atoms with Crippen LogP contribution in [0.15, 0.2) is 48.5 Å². The maximum atomic E-state index is 13.0. The Hall–Kier alpha value is -2.57. The van der Waals surface area contributed by atoms with Crippen molar-refractivity contribution < 1.29 is 14.3 Å². The highest BCUT2D eigenvalue weighted by Crippen LogP contribution is 2.24. The highest BCUT2D eigenvalue weighted by atomic mass is 16.5. The molecule has 154 valence electrons. The van der Waals surface area contributed by atoms with Crippen LogP contribution >= 0.6 is 0 Å². The third-order valence-electron chi connectivity index (χ3n) is 5.59. The van der Waals surface area contributed by atoms with Crippen molar-refractivity contribution in [3.63, 3.8) is 0 Å². The molecule has 2 aromatic carbocycles. The molecule has 29 heavy (non-hydrogen) atoms. The molecule has 2 heterocycles. The average molecular weight is 396 g/mol. The largest absolute Gasteiger partial charge is 0.378 e.